The molecule has 0 bridgehead atoms. The van der Waals surface area contributed by atoms with Gasteiger partial charge in [-0.05, 0) is 202 Å². The van der Waals surface area contributed by atoms with E-state index in [1.165, 1.54) is 19.3 Å². The Morgan fingerprint density at radius 1 is 0.625 bits per heavy atom. The lowest BCUT2D eigenvalue weighted by Crippen LogP contribution is -2.62. The summed E-state index contributed by atoms with van der Waals surface area (Å²) in [6.45, 7) is 14.0. The van der Waals surface area contributed by atoms with Crippen LogP contribution in [-0.2, 0) is 14.3 Å². The molecule has 0 aliphatic heterocycles. The second kappa shape index (κ2) is 15.0. The molecular formula is C48H78O8. The van der Waals surface area contributed by atoms with E-state index in [4.69, 9.17) is 4.74 Å². The van der Waals surface area contributed by atoms with Crippen LogP contribution in [-0.4, -0.2) is 68.0 Å². The minimum atomic E-state index is -0.762. The zero-order valence-corrected chi connectivity index (χ0v) is 35.7. The van der Waals surface area contributed by atoms with Gasteiger partial charge in [-0.25, -0.2) is 0 Å². The van der Waals surface area contributed by atoms with Crippen LogP contribution < -0.4 is 0 Å². The number of aliphatic carboxylic acids is 1. The molecule has 8 nitrogen and oxygen atoms in total. The standard InChI is InChI=1S/C48H78O8/c1-26(7-15-42(53)54)34-12-14-36-44-38(25-41(52)48(34,36)6)46(4)20-18-31(22-29(46)23-39(44)50)56-43(55)16-8-27(2)33-11-13-35-32-10-9-28-21-30(49)17-19-45(28,3)37(32)24-40(51)47(33,35)5/h26-41,44,49-52H,7-25H2,1-6H3,(H,53,54)/t26-,27-,28-,29+,30-,31-,32?,33-,34-,35?,36+,37?,38+,39-,40+,41+,44+,45+,46+,47-,48-/m1/s1. The predicted molar refractivity (Wildman–Crippen MR) is 215 cm³/mol. The molecule has 318 valence electrons. The number of hydrogen-bond donors (Lipinski definition) is 5. The lowest BCUT2D eigenvalue weighted by Gasteiger charge is -2.63. The summed E-state index contributed by atoms with van der Waals surface area (Å²) in [7, 11) is 0. The van der Waals surface area contributed by atoms with Crippen LogP contribution in [0.5, 0.6) is 0 Å². The van der Waals surface area contributed by atoms with Gasteiger partial charge in [0.2, 0.25) is 0 Å². The molecule has 0 aromatic rings. The molecule has 8 rings (SSSR count). The minimum Gasteiger partial charge on any atom is -0.481 e. The van der Waals surface area contributed by atoms with Gasteiger partial charge in [-0.15, -0.1) is 0 Å². The first-order chi connectivity index (χ1) is 26.4. The van der Waals surface area contributed by atoms with Crippen molar-refractivity contribution in [3.8, 4) is 0 Å². The molecule has 0 saturated heterocycles. The van der Waals surface area contributed by atoms with Crippen molar-refractivity contribution < 1.29 is 39.9 Å². The Labute approximate surface area is 337 Å². The second-order valence-corrected chi connectivity index (χ2v) is 22.8. The summed E-state index contributed by atoms with van der Waals surface area (Å²) in [4.78, 5) is 24.9. The van der Waals surface area contributed by atoms with Gasteiger partial charge in [0, 0.05) is 12.8 Å². The summed E-state index contributed by atoms with van der Waals surface area (Å²) in [6, 6.07) is 0. The Hall–Kier alpha value is -1.22. The number of carbonyl (C=O) groups is 2. The highest BCUT2D eigenvalue weighted by molar-refractivity contribution is 5.69. The normalized spacial score (nSPS) is 53.3. The van der Waals surface area contributed by atoms with E-state index < -0.39 is 18.2 Å². The van der Waals surface area contributed by atoms with Gasteiger partial charge < -0.3 is 30.3 Å². The Morgan fingerprint density at radius 3 is 1.89 bits per heavy atom. The van der Waals surface area contributed by atoms with Crippen LogP contribution in [0.25, 0.3) is 0 Å². The molecule has 8 aliphatic carbocycles. The van der Waals surface area contributed by atoms with Crippen molar-refractivity contribution in [2.45, 2.75) is 194 Å². The van der Waals surface area contributed by atoms with E-state index in [1.807, 2.05) is 0 Å². The topological polar surface area (TPSA) is 145 Å². The fraction of sp³-hybridized carbons (Fsp3) is 0.958. The molecule has 0 spiro atoms. The van der Waals surface area contributed by atoms with Gasteiger partial charge in [0.15, 0.2) is 0 Å². The summed E-state index contributed by atoms with van der Waals surface area (Å²) in [5, 5.41) is 55.6. The molecule has 5 N–H and O–H groups in total. The molecule has 8 aliphatic rings. The van der Waals surface area contributed by atoms with Gasteiger partial charge in [-0.3, -0.25) is 9.59 Å². The summed E-state index contributed by atoms with van der Waals surface area (Å²) in [5.74, 6) is 3.51. The average Bonchev–Trinajstić information content (AvgIpc) is 3.70. The highest BCUT2D eigenvalue weighted by Crippen LogP contribution is 2.70. The number of ether oxygens (including phenoxy) is 1. The largest absolute Gasteiger partial charge is 0.481 e. The summed E-state index contributed by atoms with van der Waals surface area (Å²) in [6.07, 6.45) is 15.0. The Morgan fingerprint density at radius 2 is 1.21 bits per heavy atom. The number of aliphatic hydroxyl groups is 4. The van der Waals surface area contributed by atoms with E-state index in [9.17, 15) is 35.1 Å². The van der Waals surface area contributed by atoms with Crippen molar-refractivity contribution in [1.29, 1.82) is 0 Å². The minimum absolute atomic E-state index is 0.0140. The van der Waals surface area contributed by atoms with Crippen LogP contribution in [0.1, 0.15) is 164 Å². The van der Waals surface area contributed by atoms with Crippen molar-refractivity contribution in [2.75, 3.05) is 0 Å². The number of aliphatic hydroxyl groups excluding tert-OH is 4. The highest BCUT2D eigenvalue weighted by Gasteiger charge is 2.67. The average molecular weight is 783 g/mol. The van der Waals surface area contributed by atoms with E-state index in [1.54, 1.807) is 0 Å². The lowest BCUT2D eigenvalue weighted by molar-refractivity contribution is -0.209. The molecule has 8 heteroatoms. The third kappa shape index (κ3) is 6.48. The van der Waals surface area contributed by atoms with Crippen LogP contribution >= 0.6 is 0 Å². The molecule has 56 heavy (non-hydrogen) atoms. The van der Waals surface area contributed by atoms with Crippen LogP contribution in [0.2, 0.25) is 0 Å². The molecule has 0 aromatic carbocycles. The highest BCUT2D eigenvalue weighted by atomic mass is 16.5. The summed E-state index contributed by atoms with van der Waals surface area (Å²) in [5.41, 5.74) is -0.203. The van der Waals surface area contributed by atoms with Gasteiger partial charge in [0.1, 0.15) is 6.10 Å². The second-order valence-electron chi connectivity index (χ2n) is 22.8. The number of rotatable bonds is 9. The van der Waals surface area contributed by atoms with E-state index in [0.29, 0.717) is 54.8 Å². The monoisotopic (exact) mass is 783 g/mol. The number of carboxylic acid groups (broad SMARTS) is 1. The van der Waals surface area contributed by atoms with Gasteiger partial charge >= 0.3 is 11.9 Å². The van der Waals surface area contributed by atoms with Gasteiger partial charge in [0.05, 0.1) is 24.4 Å². The SMILES string of the molecule is C[C@H](CCC(=O)O[C@@H]1CC[C@@]2(C)[C@@H](C1)C[C@@H](O)[C@@H]1[C@@H]2C[C@H](O)[C@]2(C)[C@@H]([C@H](C)CCC(=O)O)CC[C@@H]12)[C@H]1CCC2C3CC[C@@H]4C[C@H](O)CC[C@]4(C)C3C[C@H](O)[C@@]21C. The van der Waals surface area contributed by atoms with Crippen LogP contribution in [0.4, 0.5) is 0 Å². The Balaban J connectivity index is 0.859. The summed E-state index contributed by atoms with van der Waals surface area (Å²) < 4.78 is 6.27. The van der Waals surface area contributed by atoms with Crippen molar-refractivity contribution in [1.82, 2.24) is 0 Å². The van der Waals surface area contributed by atoms with Crippen molar-refractivity contribution in [2.24, 2.45) is 92.7 Å². The number of carbonyl (C=O) groups excluding carboxylic acids is 1. The molecule has 0 aromatic heterocycles. The molecule has 0 radical (unpaired) electrons. The Kier molecular flexibility index (Phi) is 11.2. The van der Waals surface area contributed by atoms with Gasteiger partial charge in [-0.2, -0.15) is 0 Å². The fourth-order valence-corrected chi connectivity index (χ4v) is 17.7. The van der Waals surface area contributed by atoms with Gasteiger partial charge in [-0.1, -0.05) is 41.5 Å². The Bertz CT molecular complexity index is 1470. The third-order valence-electron chi connectivity index (χ3n) is 20.9. The maximum absolute atomic E-state index is 13.5. The fourth-order valence-electron chi connectivity index (χ4n) is 17.7. The smallest absolute Gasteiger partial charge is 0.306 e. The number of carboxylic acids is 1. The van der Waals surface area contributed by atoms with Crippen molar-refractivity contribution >= 4 is 11.9 Å². The molecule has 0 heterocycles. The summed E-state index contributed by atoms with van der Waals surface area (Å²) >= 11 is 0. The number of fused-ring (bicyclic) bond motifs is 10. The number of hydrogen-bond acceptors (Lipinski definition) is 7. The molecule has 3 unspecified atom stereocenters. The van der Waals surface area contributed by atoms with Gasteiger partial charge in [0.25, 0.3) is 0 Å². The molecule has 0 amide bonds. The first-order valence-electron chi connectivity index (χ1n) is 23.6. The van der Waals surface area contributed by atoms with Crippen LogP contribution in [0.3, 0.4) is 0 Å². The van der Waals surface area contributed by atoms with Crippen molar-refractivity contribution in [3.63, 3.8) is 0 Å². The van der Waals surface area contributed by atoms with E-state index in [0.717, 1.165) is 77.0 Å². The molecule has 8 fully saturated rings. The van der Waals surface area contributed by atoms with E-state index in [-0.39, 0.29) is 87.9 Å². The predicted octanol–water partition coefficient (Wildman–Crippen LogP) is 8.41. The van der Waals surface area contributed by atoms with Crippen molar-refractivity contribution in [3.05, 3.63) is 0 Å². The van der Waals surface area contributed by atoms with E-state index >= 15 is 0 Å². The maximum Gasteiger partial charge on any atom is 0.306 e. The lowest BCUT2D eigenvalue weighted by atomic mass is 9.43. The third-order valence-corrected chi connectivity index (χ3v) is 20.9. The van der Waals surface area contributed by atoms with Crippen LogP contribution in [0, 0.1) is 92.7 Å². The maximum atomic E-state index is 13.5. The molecular weight excluding hydrogens is 705 g/mol. The molecule has 21 atom stereocenters. The number of esters is 1. The van der Waals surface area contributed by atoms with E-state index in [2.05, 4.69) is 41.5 Å². The molecule has 8 saturated carbocycles. The zero-order valence-electron chi connectivity index (χ0n) is 35.7. The first-order valence-corrected chi connectivity index (χ1v) is 23.6. The quantitative estimate of drug-likeness (QED) is 0.147. The first kappa shape index (κ1) is 41.5. The van der Waals surface area contributed by atoms with Crippen LogP contribution in [0.15, 0.2) is 0 Å². The zero-order chi connectivity index (χ0) is 40.1.